The van der Waals surface area contributed by atoms with Gasteiger partial charge >= 0.3 is 0 Å². The van der Waals surface area contributed by atoms with E-state index in [1.54, 1.807) is 0 Å². The number of nitrogens with zero attached hydrogens (tertiary/aromatic N) is 1. The van der Waals surface area contributed by atoms with Crippen molar-refractivity contribution in [2.24, 2.45) is 17.8 Å². The SMILES string of the molecule is CCCC1CCC(O)C(CN2CCC(CCC)C2)C1. The molecule has 0 amide bonds. The first-order valence-electron chi connectivity index (χ1n) is 8.63. The molecule has 1 aliphatic heterocycles. The number of likely N-dealkylation sites (tertiary alicyclic amines) is 1. The lowest BCUT2D eigenvalue weighted by Crippen LogP contribution is -2.38. The number of hydrogen-bond donors (Lipinski definition) is 1. The second-order valence-electron chi connectivity index (χ2n) is 7.00. The average Bonchev–Trinajstić information content (AvgIpc) is 2.82. The van der Waals surface area contributed by atoms with E-state index in [0.29, 0.717) is 5.92 Å². The molecule has 2 nitrogen and oxygen atoms in total. The summed E-state index contributed by atoms with van der Waals surface area (Å²) in [5.74, 6) is 2.36. The Morgan fingerprint density at radius 2 is 1.74 bits per heavy atom. The minimum absolute atomic E-state index is 0.0293. The van der Waals surface area contributed by atoms with Gasteiger partial charge in [0, 0.05) is 13.1 Å². The number of aliphatic hydroxyl groups excluding tert-OH is 1. The van der Waals surface area contributed by atoms with Gasteiger partial charge in [0.1, 0.15) is 0 Å². The van der Waals surface area contributed by atoms with E-state index in [1.165, 1.54) is 58.0 Å². The first-order chi connectivity index (χ1) is 9.22. The van der Waals surface area contributed by atoms with E-state index in [0.717, 1.165) is 24.8 Å². The van der Waals surface area contributed by atoms with Crippen LogP contribution in [0.1, 0.15) is 65.2 Å². The third-order valence-electron chi connectivity index (χ3n) is 5.31. The van der Waals surface area contributed by atoms with E-state index in [2.05, 4.69) is 18.7 Å². The normalized spacial score (nSPS) is 36.8. The van der Waals surface area contributed by atoms with Crippen molar-refractivity contribution in [1.82, 2.24) is 4.90 Å². The van der Waals surface area contributed by atoms with Crippen LogP contribution in [-0.2, 0) is 0 Å². The number of rotatable bonds is 6. The molecule has 2 fully saturated rings. The molecule has 0 radical (unpaired) electrons. The standard InChI is InChI=1S/C17H33NO/c1-3-5-14-7-8-17(19)16(11-14)13-18-10-9-15(12-18)6-4-2/h14-17,19H,3-13H2,1-2H3. The van der Waals surface area contributed by atoms with Gasteiger partial charge in [0.2, 0.25) is 0 Å². The predicted octanol–water partition coefficient (Wildman–Crippen LogP) is 3.69. The van der Waals surface area contributed by atoms with Crippen LogP contribution in [0, 0.1) is 17.8 Å². The maximum absolute atomic E-state index is 10.3. The molecule has 0 aromatic rings. The smallest absolute Gasteiger partial charge is 0.0580 e. The zero-order chi connectivity index (χ0) is 13.7. The maximum atomic E-state index is 10.3. The third kappa shape index (κ3) is 4.46. The molecule has 1 saturated heterocycles. The van der Waals surface area contributed by atoms with Gasteiger partial charge in [-0.05, 0) is 56.4 Å². The second kappa shape index (κ2) is 7.64. The molecular formula is C17H33NO. The Kier molecular flexibility index (Phi) is 6.15. The minimum Gasteiger partial charge on any atom is -0.393 e. The quantitative estimate of drug-likeness (QED) is 0.793. The van der Waals surface area contributed by atoms with Gasteiger partial charge in [-0.25, -0.2) is 0 Å². The zero-order valence-corrected chi connectivity index (χ0v) is 13.0. The fraction of sp³-hybridized carbons (Fsp3) is 1.00. The Bertz CT molecular complexity index is 256. The van der Waals surface area contributed by atoms with Crippen LogP contribution in [0.3, 0.4) is 0 Å². The van der Waals surface area contributed by atoms with Crippen molar-refractivity contribution in [3.05, 3.63) is 0 Å². The Labute approximate surface area is 119 Å². The van der Waals surface area contributed by atoms with Gasteiger partial charge in [-0.2, -0.15) is 0 Å². The summed E-state index contributed by atoms with van der Waals surface area (Å²) in [7, 11) is 0. The zero-order valence-electron chi connectivity index (χ0n) is 13.0. The van der Waals surface area contributed by atoms with Gasteiger partial charge in [0.25, 0.3) is 0 Å². The average molecular weight is 267 g/mol. The van der Waals surface area contributed by atoms with Gasteiger partial charge in [0.05, 0.1) is 6.10 Å². The molecule has 1 N–H and O–H groups in total. The van der Waals surface area contributed by atoms with Gasteiger partial charge in [0.15, 0.2) is 0 Å². The molecule has 1 heterocycles. The number of hydrogen-bond acceptors (Lipinski definition) is 2. The van der Waals surface area contributed by atoms with Crippen molar-refractivity contribution < 1.29 is 5.11 Å². The molecule has 0 aromatic carbocycles. The topological polar surface area (TPSA) is 23.5 Å². The summed E-state index contributed by atoms with van der Waals surface area (Å²) in [6.45, 7) is 8.29. The fourth-order valence-corrected chi connectivity index (χ4v) is 4.27. The van der Waals surface area contributed by atoms with Gasteiger partial charge in [-0.1, -0.05) is 33.1 Å². The van der Waals surface area contributed by atoms with E-state index in [1.807, 2.05) is 0 Å². The lowest BCUT2D eigenvalue weighted by Gasteiger charge is -2.35. The van der Waals surface area contributed by atoms with E-state index < -0.39 is 0 Å². The van der Waals surface area contributed by atoms with Crippen LogP contribution in [0.5, 0.6) is 0 Å². The highest BCUT2D eigenvalue weighted by Crippen LogP contribution is 2.33. The van der Waals surface area contributed by atoms with Crippen molar-refractivity contribution in [2.75, 3.05) is 19.6 Å². The highest BCUT2D eigenvalue weighted by Gasteiger charge is 2.32. The minimum atomic E-state index is -0.0293. The molecule has 1 saturated carbocycles. The molecule has 0 aromatic heterocycles. The molecule has 2 heteroatoms. The van der Waals surface area contributed by atoms with Crippen molar-refractivity contribution in [3.8, 4) is 0 Å². The van der Waals surface area contributed by atoms with E-state index in [-0.39, 0.29) is 6.10 Å². The van der Waals surface area contributed by atoms with Crippen LogP contribution in [0.4, 0.5) is 0 Å². The predicted molar refractivity (Wildman–Crippen MR) is 81.2 cm³/mol. The van der Waals surface area contributed by atoms with Gasteiger partial charge in [-0.3, -0.25) is 0 Å². The molecule has 1 aliphatic carbocycles. The van der Waals surface area contributed by atoms with Crippen molar-refractivity contribution >= 4 is 0 Å². The Balaban J connectivity index is 1.77. The highest BCUT2D eigenvalue weighted by atomic mass is 16.3. The van der Waals surface area contributed by atoms with E-state index in [4.69, 9.17) is 0 Å². The largest absolute Gasteiger partial charge is 0.393 e. The van der Waals surface area contributed by atoms with Crippen molar-refractivity contribution in [2.45, 2.75) is 71.3 Å². The lowest BCUT2D eigenvalue weighted by molar-refractivity contribution is 0.0289. The highest BCUT2D eigenvalue weighted by molar-refractivity contribution is 4.84. The molecule has 4 atom stereocenters. The van der Waals surface area contributed by atoms with E-state index in [9.17, 15) is 5.11 Å². The summed E-state index contributed by atoms with van der Waals surface area (Å²) in [4.78, 5) is 2.63. The summed E-state index contributed by atoms with van der Waals surface area (Å²) in [5, 5.41) is 10.3. The Morgan fingerprint density at radius 1 is 1.00 bits per heavy atom. The van der Waals surface area contributed by atoms with Crippen molar-refractivity contribution in [1.29, 1.82) is 0 Å². The van der Waals surface area contributed by atoms with Crippen LogP contribution < -0.4 is 0 Å². The lowest BCUT2D eigenvalue weighted by atomic mass is 9.77. The summed E-state index contributed by atoms with van der Waals surface area (Å²) < 4.78 is 0. The molecule has 19 heavy (non-hydrogen) atoms. The third-order valence-corrected chi connectivity index (χ3v) is 5.31. The fourth-order valence-electron chi connectivity index (χ4n) is 4.27. The summed E-state index contributed by atoms with van der Waals surface area (Å²) >= 11 is 0. The Hall–Kier alpha value is -0.0800. The van der Waals surface area contributed by atoms with Crippen molar-refractivity contribution in [3.63, 3.8) is 0 Å². The first kappa shape index (κ1) is 15.3. The van der Waals surface area contributed by atoms with Crippen LogP contribution in [0.25, 0.3) is 0 Å². The van der Waals surface area contributed by atoms with Crippen LogP contribution in [0.15, 0.2) is 0 Å². The van der Waals surface area contributed by atoms with Crippen LogP contribution >= 0.6 is 0 Å². The monoisotopic (exact) mass is 267 g/mol. The molecular weight excluding hydrogens is 234 g/mol. The van der Waals surface area contributed by atoms with Gasteiger partial charge in [-0.15, -0.1) is 0 Å². The molecule has 112 valence electrons. The Morgan fingerprint density at radius 3 is 2.47 bits per heavy atom. The number of aliphatic hydroxyl groups is 1. The summed E-state index contributed by atoms with van der Waals surface area (Å²) in [5.41, 5.74) is 0. The molecule has 0 bridgehead atoms. The maximum Gasteiger partial charge on any atom is 0.0580 e. The summed E-state index contributed by atoms with van der Waals surface area (Å²) in [6, 6.07) is 0. The molecule has 2 rings (SSSR count). The molecule has 2 aliphatic rings. The van der Waals surface area contributed by atoms with E-state index >= 15 is 0 Å². The second-order valence-corrected chi connectivity index (χ2v) is 7.00. The van der Waals surface area contributed by atoms with Crippen LogP contribution in [-0.4, -0.2) is 35.7 Å². The van der Waals surface area contributed by atoms with Crippen LogP contribution in [0.2, 0.25) is 0 Å². The molecule has 4 unspecified atom stereocenters. The molecule has 0 spiro atoms. The summed E-state index contributed by atoms with van der Waals surface area (Å²) in [6.07, 6.45) is 10.3. The first-order valence-corrected chi connectivity index (χ1v) is 8.63. The van der Waals surface area contributed by atoms with Gasteiger partial charge < -0.3 is 10.0 Å².